The molecule has 1 aromatic rings. The monoisotopic (exact) mass is 265 g/mol. The van der Waals surface area contributed by atoms with Gasteiger partial charge in [-0.05, 0) is 24.6 Å². The number of nitrogens with one attached hydrogen (secondary N) is 2. The van der Waals surface area contributed by atoms with Crippen LogP contribution in [0, 0.1) is 17.1 Å². The summed E-state index contributed by atoms with van der Waals surface area (Å²) in [5.41, 5.74) is -0.00935. The van der Waals surface area contributed by atoms with Crippen LogP contribution in [0.2, 0.25) is 0 Å². The molecular formula is C12H12FN3O3. The third kappa shape index (κ3) is 4.63. The number of amides is 2. The van der Waals surface area contributed by atoms with Crippen molar-refractivity contribution in [3.8, 4) is 6.07 Å². The van der Waals surface area contributed by atoms with Crippen LogP contribution in [0.5, 0.6) is 0 Å². The second kappa shape index (κ2) is 6.96. The van der Waals surface area contributed by atoms with E-state index in [0.717, 1.165) is 6.07 Å². The Hall–Kier alpha value is -2.62. The lowest BCUT2D eigenvalue weighted by atomic mass is 10.1. The van der Waals surface area contributed by atoms with Crippen molar-refractivity contribution in [1.29, 1.82) is 5.26 Å². The van der Waals surface area contributed by atoms with Crippen LogP contribution in [-0.2, 0) is 0 Å². The average Bonchev–Trinajstić information content (AvgIpc) is 2.37. The Morgan fingerprint density at radius 2 is 2.00 bits per heavy atom. The zero-order valence-electron chi connectivity index (χ0n) is 9.94. The van der Waals surface area contributed by atoms with Gasteiger partial charge < -0.3 is 15.7 Å². The van der Waals surface area contributed by atoms with Crippen LogP contribution in [0.25, 0.3) is 0 Å². The van der Waals surface area contributed by atoms with Gasteiger partial charge in [-0.3, -0.25) is 4.79 Å². The molecule has 6 nitrogen and oxygen atoms in total. The zero-order valence-corrected chi connectivity index (χ0v) is 9.94. The van der Waals surface area contributed by atoms with Crippen LogP contribution < -0.4 is 10.6 Å². The van der Waals surface area contributed by atoms with Gasteiger partial charge in [0.1, 0.15) is 11.9 Å². The molecular weight excluding hydrogens is 253 g/mol. The van der Waals surface area contributed by atoms with E-state index in [1.807, 2.05) is 0 Å². The number of hydrogen-bond acceptors (Lipinski definition) is 3. The van der Waals surface area contributed by atoms with Crippen LogP contribution in [0.4, 0.5) is 9.18 Å². The predicted octanol–water partition coefficient (Wildman–Crippen LogP) is 1.08. The number of benzene rings is 1. The maximum Gasteiger partial charge on any atom is 0.404 e. The molecule has 7 heteroatoms. The molecule has 0 spiro atoms. The average molecular weight is 265 g/mol. The number of halogens is 1. The summed E-state index contributed by atoms with van der Waals surface area (Å²) in [6.07, 6.45) is -0.697. The second-order valence-electron chi connectivity index (χ2n) is 3.65. The van der Waals surface area contributed by atoms with Gasteiger partial charge in [0, 0.05) is 18.7 Å². The van der Waals surface area contributed by atoms with Gasteiger partial charge in [-0.2, -0.15) is 5.26 Å². The highest BCUT2D eigenvalue weighted by Gasteiger charge is 2.08. The third-order valence-electron chi connectivity index (χ3n) is 2.27. The van der Waals surface area contributed by atoms with E-state index in [-0.39, 0.29) is 24.2 Å². The molecule has 0 fully saturated rings. The van der Waals surface area contributed by atoms with Crippen molar-refractivity contribution >= 4 is 12.0 Å². The Morgan fingerprint density at radius 1 is 1.32 bits per heavy atom. The highest BCUT2D eigenvalue weighted by molar-refractivity contribution is 5.94. The van der Waals surface area contributed by atoms with Crippen LogP contribution in [-0.4, -0.2) is 30.2 Å². The van der Waals surface area contributed by atoms with Gasteiger partial charge in [-0.15, -0.1) is 0 Å². The minimum Gasteiger partial charge on any atom is -0.465 e. The minimum absolute atomic E-state index is 0.114. The van der Waals surface area contributed by atoms with E-state index >= 15 is 0 Å². The fourth-order valence-corrected chi connectivity index (χ4v) is 1.33. The highest BCUT2D eigenvalue weighted by atomic mass is 19.1. The largest absolute Gasteiger partial charge is 0.465 e. The van der Waals surface area contributed by atoms with E-state index in [0.29, 0.717) is 6.42 Å². The Kier molecular flexibility index (Phi) is 5.29. The lowest BCUT2D eigenvalue weighted by Crippen LogP contribution is -2.29. The number of rotatable bonds is 5. The summed E-state index contributed by atoms with van der Waals surface area (Å²) in [7, 11) is 0. The number of carbonyl (C=O) groups excluding carboxylic acids is 1. The molecule has 0 saturated carbocycles. The zero-order chi connectivity index (χ0) is 14.3. The molecule has 1 rings (SSSR count). The first-order valence-corrected chi connectivity index (χ1v) is 5.49. The summed E-state index contributed by atoms with van der Waals surface area (Å²) in [4.78, 5) is 21.7. The molecule has 1 aromatic carbocycles. The van der Waals surface area contributed by atoms with Crippen molar-refractivity contribution in [2.75, 3.05) is 13.1 Å². The first kappa shape index (κ1) is 14.4. The van der Waals surface area contributed by atoms with E-state index in [2.05, 4.69) is 10.6 Å². The molecule has 0 unspecified atom stereocenters. The van der Waals surface area contributed by atoms with Gasteiger partial charge in [0.2, 0.25) is 0 Å². The molecule has 100 valence electrons. The number of nitriles is 1. The van der Waals surface area contributed by atoms with Gasteiger partial charge in [0.05, 0.1) is 5.56 Å². The predicted molar refractivity (Wildman–Crippen MR) is 64.1 cm³/mol. The molecule has 0 heterocycles. The maximum atomic E-state index is 13.3. The van der Waals surface area contributed by atoms with Gasteiger partial charge in [0.15, 0.2) is 0 Å². The van der Waals surface area contributed by atoms with E-state index in [9.17, 15) is 14.0 Å². The molecule has 0 saturated heterocycles. The van der Waals surface area contributed by atoms with Crippen LogP contribution in [0.15, 0.2) is 18.2 Å². The van der Waals surface area contributed by atoms with E-state index < -0.39 is 17.8 Å². The molecule has 2 amide bonds. The summed E-state index contributed by atoms with van der Waals surface area (Å²) in [5, 5.41) is 21.5. The van der Waals surface area contributed by atoms with Crippen molar-refractivity contribution in [3.63, 3.8) is 0 Å². The van der Waals surface area contributed by atoms with Crippen molar-refractivity contribution in [2.45, 2.75) is 6.42 Å². The fraction of sp³-hybridized carbons (Fsp3) is 0.250. The normalized spacial score (nSPS) is 9.47. The fourth-order valence-electron chi connectivity index (χ4n) is 1.33. The molecule has 0 atom stereocenters. The van der Waals surface area contributed by atoms with Gasteiger partial charge in [-0.1, -0.05) is 0 Å². The topological polar surface area (TPSA) is 102 Å². The minimum atomic E-state index is -1.12. The molecule has 0 radical (unpaired) electrons. The van der Waals surface area contributed by atoms with Crippen molar-refractivity contribution in [1.82, 2.24) is 10.6 Å². The molecule has 0 aromatic heterocycles. The van der Waals surface area contributed by atoms with Crippen molar-refractivity contribution < 1.29 is 19.1 Å². The molecule has 0 aliphatic rings. The molecule has 3 N–H and O–H groups in total. The first-order valence-electron chi connectivity index (χ1n) is 5.49. The number of nitrogens with zero attached hydrogens (tertiary/aromatic N) is 1. The van der Waals surface area contributed by atoms with E-state index in [1.165, 1.54) is 12.1 Å². The van der Waals surface area contributed by atoms with Gasteiger partial charge >= 0.3 is 6.09 Å². The SMILES string of the molecule is N#Cc1ccc(C(=O)NCCCNC(=O)O)cc1F. The van der Waals surface area contributed by atoms with E-state index in [4.69, 9.17) is 10.4 Å². The summed E-state index contributed by atoms with van der Waals surface area (Å²) in [6, 6.07) is 5.24. The Bertz CT molecular complexity index is 525. The van der Waals surface area contributed by atoms with Gasteiger partial charge in [-0.25, -0.2) is 9.18 Å². The Balaban J connectivity index is 2.44. The molecule has 0 aliphatic heterocycles. The lowest BCUT2D eigenvalue weighted by Gasteiger charge is -2.05. The summed E-state index contributed by atoms with van der Waals surface area (Å²) in [5.74, 6) is -1.22. The Labute approximate surface area is 108 Å². The third-order valence-corrected chi connectivity index (χ3v) is 2.27. The second-order valence-corrected chi connectivity index (χ2v) is 3.65. The number of carbonyl (C=O) groups is 2. The van der Waals surface area contributed by atoms with Crippen LogP contribution in [0.3, 0.4) is 0 Å². The number of carboxylic acid groups (broad SMARTS) is 1. The standard InChI is InChI=1S/C12H12FN3O3/c13-10-6-8(2-3-9(10)7-14)11(17)15-4-1-5-16-12(18)19/h2-3,6,16H,1,4-5H2,(H,15,17)(H,18,19). The number of hydrogen-bond donors (Lipinski definition) is 3. The highest BCUT2D eigenvalue weighted by Crippen LogP contribution is 2.09. The molecule has 0 bridgehead atoms. The molecule has 0 aliphatic carbocycles. The summed E-state index contributed by atoms with van der Waals surface area (Å²) < 4.78 is 13.3. The smallest absolute Gasteiger partial charge is 0.404 e. The quantitative estimate of drug-likeness (QED) is 0.693. The van der Waals surface area contributed by atoms with Gasteiger partial charge in [0.25, 0.3) is 5.91 Å². The van der Waals surface area contributed by atoms with Crippen LogP contribution >= 0.6 is 0 Å². The van der Waals surface area contributed by atoms with Crippen molar-refractivity contribution in [3.05, 3.63) is 35.1 Å². The first-order chi connectivity index (χ1) is 9.04. The van der Waals surface area contributed by atoms with Crippen LogP contribution in [0.1, 0.15) is 22.3 Å². The maximum absolute atomic E-state index is 13.3. The molecule has 19 heavy (non-hydrogen) atoms. The summed E-state index contributed by atoms with van der Waals surface area (Å²) >= 11 is 0. The summed E-state index contributed by atoms with van der Waals surface area (Å²) in [6.45, 7) is 0.484. The lowest BCUT2D eigenvalue weighted by molar-refractivity contribution is 0.0953. The Morgan fingerprint density at radius 3 is 2.58 bits per heavy atom. The van der Waals surface area contributed by atoms with Crippen molar-refractivity contribution in [2.24, 2.45) is 0 Å². The van der Waals surface area contributed by atoms with E-state index in [1.54, 1.807) is 6.07 Å².